The third-order valence-electron chi connectivity index (χ3n) is 6.71. The molecule has 0 saturated heterocycles. The van der Waals surface area contributed by atoms with Crippen LogP contribution in [0.3, 0.4) is 0 Å². The third-order valence-corrected chi connectivity index (χ3v) is 6.71. The summed E-state index contributed by atoms with van der Waals surface area (Å²) in [7, 11) is 0. The van der Waals surface area contributed by atoms with E-state index < -0.39 is 47.4 Å². The lowest BCUT2D eigenvalue weighted by Gasteiger charge is -2.08. The number of aryl methyl sites for hydroxylation is 2. The maximum absolute atomic E-state index is 12.9. The highest BCUT2D eigenvalue weighted by Gasteiger charge is 2.26. The van der Waals surface area contributed by atoms with E-state index in [-0.39, 0.29) is 11.1 Å². The predicted octanol–water partition coefficient (Wildman–Crippen LogP) is 2.23. The Morgan fingerprint density at radius 2 is 1.02 bits per heavy atom. The molecule has 12 nitrogen and oxygen atoms in total. The van der Waals surface area contributed by atoms with Crippen LogP contribution < -0.4 is 10.6 Å². The number of ketones is 2. The van der Waals surface area contributed by atoms with Crippen molar-refractivity contribution in [1.29, 1.82) is 0 Å². The highest BCUT2D eigenvalue weighted by atomic mass is 16.4. The summed E-state index contributed by atoms with van der Waals surface area (Å²) in [5, 5.41) is 23.5. The van der Waals surface area contributed by atoms with Gasteiger partial charge in [0, 0.05) is 47.3 Å². The van der Waals surface area contributed by atoms with Crippen molar-refractivity contribution in [3.63, 3.8) is 0 Å². The molecule has 2 atom stereocenters. The number of carbonyl (C=O) groups is 6. The van der Waals surface area contributed by atoms with Gasteiger partial charge >= 0.3 is 11.9 Å². The Morgan fingerprint density at radius 3 is 1.39 bits per heavy atom. The second-order valence-corrected chi connectivity index (χ2v) is 9.59. The molecule has 0 aliphatic carbocycles. The van der Waals surface area contributed by atoms with Crippen molar-refractivity contribution < 1.29 is 39.0 Å². The third kappa shape index (κ3) is 6.01. The first kappa shape index (κ1) is 28.7. The van der Waals surface area contributed by atoms with E-state index in [4.69, 9.17) is 10.2 Å². The van der Waals surface area contributed by atoms with Gasteiger partial charge in [-0.25, -0.2) is 0 Å². The van der Waals surface area contributed by atoms with Crippen LogP contribution in [0.5, 0.6) is 0 Å². The number of aromatic nitrogens is 2. The van der Waals surface area contributed by atoms with Crippen molar-refractivity contribution in [3.8, 4) is 0 Å². The molecule has 2 aromatic heterocycles. The first-order valence-corrected chi connectivity index (χ1v) is 12.8. The summed E-state index contributed by atoms with van der Waals surface area (Å²) >= 11 is 0. The van der Waals surface area contributed by atoms with Crippen LogP contribution in [-0.4, -0.2) is 66.8 Å². The number of fused-ring (bicyclic) bond motifs is 2. The number of carboxylic acids is 2. The fourth-order valence-electron chi connectivity index (χ4n) is 4.53. The van der Waals surface area contributed by atoms with E-state index in [9.17, 15) is 28.8 Å². The summed E-state index contributed by atoms with van der Waals surface area (Å²) in [6.07, 6.45) is 3.67. The Balaban J connectivity index is 1.54. The molecule has 4 aromatic rings. The standard InChI is InChI=1S/C29H28N4O8/c1-16(28(38)39)30-26(36)24(34)20-14-32(22-10-5-3-8-18(20)22)12-7-13-33-15-21(19-9-4-6-11-23(19)33)25(35)27(37)31-17(2)29(40)41/h3-6,8-11,14-17H,7,12-13H2,1-2H3,(H,30,36)(H,31,37)(H,38,39)(H,40,41)/t16-,17-/m0/s1. The van der Waals surface area contributed by atoms with Gasteiger partial charge < -0.3 is 30.0 Å². The van der Waals surface area contributed by atoms with Gasteiger partial charge in [-0.1, -0.05) is 36.4 Å². The highest BCUT2D eigenvalue weighted by molar-refractivity contribution is 6.45. The monoisotopic (exact) mass is 560 g/mol. The molecule has 0 fully saturated rings. The van der Waals surface area contributed by atoms with E-state index in [1.165, 1.54) is 13.8 Å². The van der Waals surface area contributed by atoms with Crippen LogP contribution in [0.2, 0.25) is 0 Å². The average Bonchev–Trinajstić information content (AvgIpc) is 3.51. The van der Waals surface area contributed by atoms with E-state index in [1.807, 2.05) is 21.3 Å². The number of aliphatic carboxylic acids is 2. The van der Waals surface area contributed by atoms with Crippen LogP contribution in [0, 0.1) is 0 Å². The quantitative estimate of drug-likeness (QED) is 0.151. The Labute approximate surface area is 233 Å². The van der Waals surface area contributed by atoms with Gasteiger partial charge in [0.25, 0.3) is 23.4 Å². The topological polar surface area (TPSA) is 177 Å². The maximum atomic E-state index is 12.9. The molecule has 0 spiro atoms. The number of benzene rings is 2. The zero-order valence-electron chi connectivity index (χ0n) is 22.3. The number of amides is 2. The lowest BCUT2D eigenvalue weighted by atomic mass is 10.1. The Hall–Kier alpha value is -5.26. The molecule has 212 valence electrons. The molecular weight excluding hydrogens is 532 g/mol. The highest BCUT2D eigenvalue weighted by Crippen LogP contribution is 2.25. The minimum absolute atomic E-state index is 0.150. The Morgan fingerprint density at radius 1 is 0.659 bits per heavy atom. The van der Waals surface area contributed by atoms with Crippen LogP contribution in [0.25, 0.3) is 21.8 Å². The summed E-state index contributed by atoms with van der Waals surface area (Å²) in [4.78, 5) is 72.7. The first-order chi connectivity index (χ1) is 19.5. The summed E-state index contributed by atoms with van der Waals surface area (Å²) < 4.78 is 3.66. The van der Waals surface area contributed by atoms with Crippen LogP contribution in [0.15, 0.2) is 60.9 Å². The second-order valence-electron chi connectivity index (χ2n) is 9.59. The number of carbonyl (C=O) groups excluding carboxylic acids is 4. The van der Waals surface area contributed by atoms with Crippen molar-refractivity contribution in [2.75, 3.05) is 0 Å². The molecule has 0 aliphatic rings. The van der Waals surface area contributed by atoms with Crippen molar-refractivity contribution in [1.82, 2.24) is 19.8 Å². The number of nitrogens with one attached hydrogen (secondary N) is 2. The maximum Gasteiger partial charge on any atom is 0.325 e. The van der Waals surface area contributed by atoms with Crippen LogP contribution >= 0.6 is 0 Å². The van der Waals surface area contributed by atoms with Gasteiger partial charge in [-0.05, 0) is 32.4 Å². The minimum atomic E-state index is -1.26. The van der Waals surface area contributed by atoms with E-state index in [0.717, 1.165) is 0 Å². The van der Waals surface area contributed by atoms with Crippen molar-refractivity contribution in [2.45, 2.75) is 45.4 Å². The largest absolute Gasteiger partial charge is 0.480 e. The molecule has 4 N–H and O–H groups in total. The van der Waals surface area contributed by atoms with E-state index in [2.05, 4.69) is 10.6 Å². The SMILES string of the molecule is C[C@H](NC(=O)C(=O)c1cn(CCCn2cc(C(=O)C(=O)N[C@@H](C)C(=O)O)c3ccccc32)c2ccccc12)C(=O)O. The van der Waals surface area contributed by atoms with Gasteiger partial charge in [-0.2, -0.15) is 0 Å². The number of nitrogens with zero attached hydrogens (tertiary/aromatic N) is 2. The molecule has 2 amide bonds. The summed E-state index contributed by atoms with van der Waals surface area (Å²) in [6.45, 7) is 3.41. The average molecular weight is 561 g/mol. The zero-order chi connectivity index (χ0) is 29.8. The lowest BCUT2D eigenvalue weighted by molar-refractivity contribution is -0.141. The van der Waals surface area contributed by atoms with E-state index in [0.29, 0.717) is 41.3 Å². The number of rotatable bonds is 12. The summed E-state index contributed by atoms with van der Waals surface area (Å²) in [6, 6.07) is 11.7. The van der Waals surface area contributed by atoms with Crippen molar-refractivity contribution >= 4 is 57.1 Å². The van der Waals surface area contributed by atoms with Crippen molar-refractivity contribution in [2.24, 2.45) is 0 Å². The Bertz CT molecular complexity index is 1580. The molecule has 0 bridgehead atoms. The van der Waals surface area contributed by atoms with E-state index >= 15 is 0 Å². The van der Waals surface area contributed by atoms with Gasteiger partial charge in [-0.15, -0.1) is 0 Å². The smallest absolute Gasteiger partial charge is 0.325 e. The van der Waals surface area contributed by atoms with Gasteiger partial charge in [0.1, 0.15) is 12.1 Å². The van der Waals surface area contributed by atoms with Crippen LogP contribution in [-0.2, 0) is 32.3 Å². The number of para-hydroxylation sites is 2. The van der Waals surface area contributed by atoms with Gasteiger partial charge in [0.2, 0.25) is 0 Å². The number of hydrogen-bond acceptors (Lipinski definition) is 6. The molecule has 0 aliphatic heterocycles. The zero-order valence-corrected chi connectivity index (χ0v) is 22.3. The van der Waals surface area contributed by atoms with Gasteiger partial charge in [-0.3, -0.25) is 28.8 Å². The molecule has 0 unspecified atom stereocenters. The summed E-state index contributed by atoms with van der Waals surface area (Å²) in [5.74, 6) is -6.23. The number of Topliss-reactive ketones (excluding diaryl/α,β-unsaturated/α-hetero) is 2. The Kier molecular flexibility index (Phi) is 8.32. The fourth-order valence-corrected chi connectivity index (χ4v) is 4.53. The fraction of sp³-hybridized carbons (Fsp3) is 0.241. The normalized spacial score (nSPS) is 12.5. The van der Waals surface area contributed by atoms with Crippen molar-refractivity contribution in [3.05, 3.63) is 72.1 Å². The first-order valence-electron chi connectivity index (χ1n) is 12.8. The second kappa shape index (κ2) is 11.9. The molecule has 41 heavy (non-hydrogen) atoms. The van der Waals surface area contributed by atoms with Crippen LogP contribution in [0.1, 0.15) is 41.0 Å². The molecular formula is C29H28N4O8. The number of carboxylic acid groups (broad SMARTS) is 2. The summed E-state index contributed by atoms with van der Waals surface area (Å²) in [5.41, 5.74) is 1.73. The van der Waals surface area contributed by atoms with Gasteiger partial charge in [0.15, 0.2) is 0 Å². The molecule has 4 rings (SSSR count). The lowest BCUT2D eigenvalue weighted by Crippen LogP contribution is -2.42. The number of hydrogen-bond donors (Lipinski definition) is 4. The predicted molar refractivity (Wildman–Crippen MR) is 148 cm³/mol. The molecule has 12 heteroatoms. The minimum Gasteiger partial charge on any atom is -0.480 e. The molecule has 2 aromatic carbocycles. The van der Waals surface area contributed by atoms with E-state index in [1.54, 1.807) is 48.8 Å². The molecule has 0 saturated carbocycles. The molecule has 2 heterocycles. The van der Waals surface area contributed by atoms with Crippen LogP contribution in [0.4, 0.5) is 0 Å². The van der Waals surface area contributed by atoms with Gasteiger partial charge in [0.05, 0.1) is 11.1 Å². The molecule has 0 radical (unpaired) electrons.